The van der Waals surface area contributed by atoms with Crippen LogP contribution in [0, 0.1) is 46.3 Å². The van der Waals surface area contributed by atoms with Crippen LogP contribution in [-0.4, -0.2) is 171 Å². The van der Waals surface area contributed by atoms with Crippen LogP contribution in [0.5, 0.6) is 0 Å². The number of aliphatic hydroxyl groups is 3. The minimum Gasteiger partial charge on any atom is -0.481 e. The number of nitrogens with zero attached hydrogens (tertiary/aromatic N) is 1. The zero-order chi connectivity index (χ0) is 77.5. The van der Waals surface area contributed by atoms with Gasteiger partial charge in [0.25, 0.3) is 0 Å². The zero-order valence-corrected chi connectivity index (χ0v) is 61.4. The molecule has 0 saturated heterocycles. The number of Topliss-reactive ketones (excluding diaryl/α,β-unsaturated/α-hetero) is 4. The summed E-state index contributed by atoms with van der Waals surface area (Å²) in [5.41, 5.74) is 23.2. The van der Waals surface area contributed by atoms with Gasteiger partial charge in [0.15, 0.2) is 29.1 Å². The summed E-state index contributed by atoms with van der Waals surface area (Å²) in [7, 11) is 0. The number of amides is 8. The molecule has 0 aliphatic rings. The Kier molecular flexibility index (Phi) is 40.0. The number of aliphatic hydroxyl groups excluding tert-OH is 3. The van der Waals surface area contributed by atoms with Gasteiger partial charge in [-0.1, -0.05) is 158 Å². The number of rotatable bonds is 46. The number of hydrogen-bond acceptors (Lipinski definition) is 19. The highest BCUT2D eigenvalue weighted by molar-refractivity contribution is 6.00. The molecule has 2 rings (SSSR count). The third-order valence-electron chi connectivity index (χ3n) is 17.1. The van der Waals surface area contributed by atoms with Gasteiger partial charge in [0.05, 0.1) is 49.3 Å². The number of primary amides is 1. The molecular formula is C73H118N12O18. The van der Waals surface area contributed by atoms with Crippen LogP contribution in [0.25, 0.3) is 0 Å². The van der Waals surface area contributed by atoms with E-state index in [1.54, 1.807) is 96.1 Å². The summed E-state index contributed by atoms with van der Waals surface area (Å²) in [6.45, 7) is 21.4. The fourth-order valence-corrected chi connectivity index (χ4v) is 11.2. The predicted molar refractivity (Wildman–Crippen MR) is 387 cm³/mol. The molecule has 103 heavy (non-hydrogen) atoms. The third kappa shape index (κ3) is 34.4. The molecule has 8 amide bonds. The first-order valence-electron chi connectivity index (χ1n) is 34.7. The Morgan fingerprint density at radius 3 is 1.58 bits per heavy atom. The van der Waals surface area contributed by atoms with E-state index in [9.17, 15) is 78.0 Å². The summed E-state index contributed by atoms with van der Waals surface area (Å²) in [5.74, 6) is -16.8. The highest BCUT2D eigenvalue weighted by atomic mass is 16.5. The number of aliphatic carboxylic acids is 1. The fraction of sp³-hybridized carbons (Fsp3) is 0.644. The van der Waals surface area contributed by atoms with Crippen LogP contribution in [0.3, 0.4) is 0 Å². The number of hydrogen-bond donors (Lipinski definition) is 15. The molecule has 0 aromatic heterocycles. The molecule has 0 fully saturated rings. The second-order valence-corrected chi connectivity index (χ2v) is 29.5. The van der Waals surface area contributed by atoms with E-state index < -0.39 is 223 Å². The Morgan fingerprint density at radius 2 is 1.08 bits per heavy atom. The molecule has 0 aliphatic carbocycles. The lowest BCUT2D eigenvalue weighted by Crippen LogP contribution is -2.62. The number of alkyl carbamates (subject to hydrolysis) is 1. The molecule has 14 atom stereocenters. The molecule has 2 aromatic rings. The molecule has 1 unspecified atom stereocenters. The van der Waals surface area contributed by atoms with Gasteiger partial charge in [0.2, 0.25) is 41.4 Å². The molecule has 30 nitrogen and oxygen atoms in total. The van der Waals surface area contributed by atoms with Gasteiger partial charge in [-0.05, 0) is 78.7 Å². The first kappa shape index (κ1) is 92.3. The van der Waals surface area contributed by atoms with Gasteiger partial charge >= 0.3 is 12.1 Å². The number of nitrogens with one attached hydrogen (secondary N) is 7. The van der Waals surface area contributed by atoms with Crippen molar-refractivity contribution in [3.63, 3.8) is 0 Å². The molecule has 0 bridgehead atoms. The first-order chi connectivity index (χ1) is 47.5. The maximum Gasteiger partial charge on any atom is 0.408 e. The normalized spacial score (nSPS) is 15.6. The SMILES string of the molecule is C.CC[C@H](C)C(CC(=O)[C@@H](CCCN=C(N)N)NC(=O)[C@@H](CC(=O)[C@@H](NC(=O)[C@@H](NC(=O)[C@H](CC(C)(C)C)NC(=O)[C@@H](CC(C)(C)C)NC(=O)OCc1ccccc1)[C@H](N)c1ccccc1)[C@H](O)C(C)C)CC(C)C)C(=O)N[C@H](C(=O)CCC(=O)N[C@@H](CC(N)=O)C(=O)C[C@@H](CO)C(=O)O)[C@H](C)O. The fourth-order valence-electron chi connectivity index (χ4n) is 11.2. The number of carbonyl (C=O) groups excluding carboxylic acids is 12. The smallest absolute Gasteiger partial charge is 0.408 e. The predicted octanol–water partition coefficient (Wildman–Crippen LogP) is 2.97. The maximum absolute atomic E-state index is 15.0. The minimum atomic E-state index is -1.74. The van der Waals surface area contributed by atoms with Crippen molar-refractivity contribution in [2.75, 3.05) is 13.2 Å². The van der Waals surface area contributed by atoms with Crippen LogP contribution in [0.1, 0.15) is 192 Å². The van der Waals surface area contributed by atoms with Crippen LogP contribution >= 0.6 is 0 Å². The zero-order valence-electron chi connectivity index (χ0n) is 61.4. The third-order valence-corrected chi connectivity index (χ3v) is 17.1. The van der Waals surface area contributed by atoms with Crippen LogP contribution < -0.4 is 60.2 Å². The van der Waals surface area contributed by atoms with E-state index in [-0.39, 0.29) is 64.6 Å². The Morgan fingerprint density at radius 1 is 0.563 bits per heavy atom. The number of aliphatic imine (C=N–C) groups is 1. The van der Waals surface area contributed by atoms with E-state index in [1.165, 1.54) is 6.92 Å². The highest BCUT2D eigenvalue weighted by Crippen LogP contribution is 2.27. The monoisotopic (exact) mass is 1450 g/mol. The number of carbonyl (C=O) groups is 13. The molecule has 0 saturated carbocycles. The standard InChI is InChI=1S/C72H114N12O18.CH4/c1-14-41(6)47(64(95)82-59(42(7)86)52(87)27-28-57(92)78-49(34-56(73)91)53(88)32-46(37-85)68(99)100)33-54(89)48(26-21-29-77-69(75)76)79-63(94)45(30-39(2)3)31-55(90)60(62(93)40(4)5)83-67(98)61(58(74)44-24-19-16-20-25-44)84-66(97)50(35-71(8,9)10)80-65(96)51(36-72(11,12)13)81-70(101)102-38-43-22-17-15-18-23-43;/h15-20,22-25,39-42,45-51,58-62,85-86,93H,14,21,26-38,74H2,1-13H3,(H2,73,91)(H,78,92)(H,79,94)(H,80,96)(H,81,101)(H,82,95)(H,83,98)(H,84,97)(H,99,100)(H4,75,76,77);1H4/t41-,42-,45+,46-,47?,48+,49-,50-,51+,58+,59-,60+,61-,62+;/m0./s1. The largest absolute Gasteiger partial charge is 0.481 e. The van der Waals surface area contributed by atoms with E-state index >= 15 is 4.79 Å². The number of carboxylic acid groups (broad SMARTS) is 1. The molecule has 0 radical (unpaired) electrons. The molecule has 0 spiro atoms. The molecule has 578 valence electrons. The number of ether oxygens (including phenoxy) is 1. The molecule has 30 heteroatoms. The lowest BCUT2D eigenvalue weighted by molar-refractivity contribution is -0.145. The highest BCUT2D eigenvalue weighted by Gasteiger charge is 2.42. The van der Waals surface area contributed by atoms with E-state index in [4.69, 9.17) is 27.7 Å². The molecule has 0 aliphatic heterocycles. The van der Waals surface area contributed by atoms with Crippen molar-refractivity contribution in [3.8, 4) is 0 Å². The van der Waals surface area contributed by atoms with Gasteiger partial charge < -0.3 is 85.3 Å². The Hall–Kier alpha value is -8.74. The lowest BCUT2D eigenvalue weighted by atomic mass is 9.83. The van der Waals surface area contributed by atoms with E-state index in [2.05, 4.69) is 42.2 Å². The van der Waals surface area contributed by atoms with Crippen molar-refractivity contribution in [2.24, 2.45) is 74.3 Å². The Bertz CT molecular complexity index is 3150. The summed E-state index contributed by atoms with van der Waals surface area (Å²) in [6.07, 6.45) is -7.49. The van der Waals surface area contributed by atoms with Gasteiger partial charge in [0, 0.05) is 50.5 Å². The van der Waals surface area contributed by atoms with Crippen molar-refractivity contribution in [1.82, 2.24) is 37.2 Å². The Balaban J connectivity index is 0.0000530. The van der Waals surface area contributed by atoms with Crippen LogP contribution in [0.15, 0.2) is 65.7 Å². The van der Waals surface area contributed by atoms with Crippen molar-refractivity contribution >= 4 is 82.5 Å². The van der Waals surface area contributed by atoms with E-state index in [0.717, 1.165) is 0 Å². The number of ketones is 4. The van der Waals surface area contributed by atoms with Crippen LogP contribution in [-0.2, 0) is 68.9 Å². The lowest BCUT2D eigenvalue weighted by Gasteiger charge is -2.33. The van der Waals surface area contributed by atoms with Gasteiger partial charge in [-0.15, -0.1) is 0 Å². The maximum atomic E-state index is 15.0. The van der Waals surface area contributed by atoms with Crippen LogP contribution in [0.2, 0.25) is 0 Å². The second-order valence-electron chi connectivity index (χ2n) is 29.5. The van der Waals surface area contributed by atoms with E-state index in [1.807, 2.05) is 47.6 Å². The topological polar surface area (TPSA) is 513 Å². The Labute approximate surface area is 605 Å². The van der Waals surface area contributed by atoms with Crippen molar-refractivity contribution in [2.45, 2.75) is 242 Å². The molecule has 0 heterocycles. The number of benzene rings is 2. The molecule has 19 N–H and O–H groups in total. The van der Waals surface area contributed by atoms with E-state index in [0.29, 0.717) is 17.5 Å². The van der Waals surface area contributed by atoms with Gasteiger partial charge in [-0.25, -0.2) is 4.79 Å². The van der Waals surface area contributed by atoms with Gasteiger partial charge in [-0.3, -0.25) is 62.5 Å². The molecule has 2 aromatic carbocycles. The number of nitrogens with two attached hydrogens (primary N) is 4. The van der Waals surface area contributed by atoms with Crippen LogP contribution in [0.4, 0.5) is 4.79 Å². The summed E-state index contributed by atoms with van der Waals surface area (Å²) in [4.78, 5) is 183. The summed E-state index contributed by atoms with van der Waals surface area (Å²) >= 11 is 0. The number of carboxylic acids is 1. The average molecular weight is 1450 g/mol. The molecular weight excluding hydrogens is 1330 g/mol. The van der Waals surface area contributed by atoms with Gasteiger partial charge in [0.1, 0.15) is 36.8 Å². The van der Waals surface area contributed by atoms with Crippen molar-refractivity contribution in [1.29, 1.82) is 0 Å². The summed E-state index contributed by atoms with van der Waals surface area (Å²) in [6, 6.07) is 5.23. The number of guanidine groups is 1. The second kappa shape index (κ2) is 44.7. The minimum absolute atomic E-state index is 0. The van der Waals surface area contributed by atoms with Gasteiger partial charge in [-0.2, -0.15) is 0 Å². The average Bonchev–Trinajstić information content (AvgIpc) is 0.825. The van der Waals surface area contributed by atoms with Crippen molar-refractivity contribution < 1.29 is 87.5 Å². The quantitative estimate of drug-likeness (QED) is 0.0257. The van der Waals surface area contributed by atoms with Crippen molar-refractivity contribution in [3.05, 3.63) is 71.8 Å². The first-order valence-corrected chi connectivity index (χ1v) is 34.7. The summed E-state index contributed by atoms with van der Waals surface area (Å²) in [5, 5.41) is 59.8. The summed E-state index contributed by atoms with van der Waals surface area (Å²) < 4.78 is 5.45.